The Morgan fingerprint density at radius 2 is 1.77 bits per heavy atom. The highest BCUT2D eigenvalue weighted by Gasteiger charge is 2.04. The SMILES string of the molecule is CC(C)N(C)Sc1ccc(Br)cc1. The summed E-state index contributed by atoms with van der Waals surface area (Å²) in [6, 6.07) is 8.93. The first kappa shape index (κ1) is 11.1. The van der Waals surface area contributed by atoms with Crippen molar-refractivity contribution in [3.8, 4) is 0 Å². The monoisotopic (exact) mass is 259 g/mol. The van der Waals surface area contributed by atoms with E-state index < -0.39 is 0 Å². The fourth-order valence-electron chi connectivity index (χ4n) is 0.767. The number of nitrogens with zero attached hydrogens (tertiary/aromatic N) is 1. The molecule has 0 aliphatic heterocycles. The predicted molar refractivity (Wildman–Crippen MR) is 62.9 cm³/mol. The zero-order valence-electron chi connectivity index (χ0n) is 8.12. The lowest BCUT2D eigenvalue weighted by molar-refractivity contribution is 0.469. The molecule has 0 aliphatic carbocycles. The lowest BCUT2D eigenvalue weighted by Crippen LogP contribution is -2.18. The number of hydrogen-bond acceptors (Lipinski definition) is 2. The summed E-state index contributed by atoms with van der Waals surface area (Å²) in [6.45, 7) is 4.37. The lowest BCUT2D eigenvalue weighted by atomic mass is 10.4. The Morgan fingerprint density at radius 1 is 1.23 bits per heavy atom. The van der Waals surface area contributed by atoms with E-state index in [1.165, 1.54) is 4.90 Å². The van der Waals surface area contributed by atoms with Crippen molar-refractivity contribution in [2.75, 3.05) is 7.05 Å². The Bertz CT molecular complexity index is 258. The van der Waals surface area contributed by atoms with E-state index in [-0.39, 0.29) is 0 Å². The van der Waals surface area contributed by atoms with Gasteiger partial charge in [0.15, 0.2) is 0 Å². The molecule has 72 valence electrons. The van der Waals surface area contributed by atoms with Crippen molar-refractivity contribution >= 4 is 27.9 Å². The number of benzene rings is 1. The topological polar surface area (TPSA) is 3.24 Å². The summed E-state index contributed by atoms with van der Waals surface area (Å²) in [6.07, 6.45) is 0. The van der Waals surface area contributed by atoms with Gasteiger partial charge in [0, 0.05) is 15.4 Å². The molecule has 0 fully saturated rings. The van der Waals surface area contributed by atoms with Gasteiger partial charge in [-0.05, 0) is 57.1 Å². The maximum Gasteiger partial charge on any atom is 0.0231 e. The van der Waals surface area contributed by atoms with E-state index in [0.29, 0.717) is 6.04 Å². The van der Waals surface area contributed by atoms with Crippen LogP contribution in [0.1, 0.15) is 13.8 Å². The minimum absolute atomic E-state index is 0.564. The second-order valence-electron chi connectivity index (χ2n) is 3.19. The molecule has 0 atom stereocenters. The summed E-state index contributed by atoms with van der Waals surface area (Å²) < 4.78 is 3.37. The van der Waals surface area contributed by atoms with Crippen LogP contribution in [0.25, 0.3) is 0 Å². The zero-order chi connectivity index (χ0) is 9.84. The molecule has 0 radical (unpaired) electrons. The molecule has 0 spiro atoms. The molecule has 1 aromatic carbocycles. The van der Waals surface area contributed by atoms with Crippen molar-refractivity contribution in [2.45, 2.75) is 24.8 Å². The summed E-state index contributed by atoms with van der Waals surface area (Å²) in [7, 11) is 2.11. The minimum Gasteiger partial charge on any atom is -0.247 e. The van der Waals surface area contributed by atoms with Gasteiger partial charge in [-0.25, -0.2) is 4.31 Å². The van der Waals surface area contributed by atoms with Gasteiger partial charge in [0.05, 0.1) is 0 Å². The van der Waals surface area contributed by atoms with Crippen molar-refractivity contribution in [3.05, 3.63) is 28.7 Å². The maximum absolute atomic E-state index is 3.42. The van der Waals surface area contributed by atoms with E-state index in [2.05, 4.69) is 65.4 Å². The molecule has 0 N–H and O–H groups in total. The highest BCUT2D eigenvalue weighted by atomic mass is 79.9. The first-order chi connectivity index (χ1) is 6.09. The molecule has 0 aromatic heterocycles. The Kier molecular flexibility index (Phi) is 4.29. The first-order valence-electron chi connectivity index (χ1n) is 4.26. The molecule has 0 heterocycles. The standard InChI is InChI=1S/C10H14BrNS/c1-8(2)12(3)13-10-6-4-9(11)5-7-10/h4-8H,1-3H3. The third-order valence-electron chi connectivity index (χ3n) is 1.79. The maximum atomic E-state index is 3.42. The van der Waals surface area contributed by atoms with Gasteiger partial charge >= 0.3 is 0 Å². The molecule has 1 rings (SSSR count). The molecule has 0 saturated heterocycles. The smallest absolute Gasteiger partial charge is 0.0231 e. The van der Waals surface area contributed by atoms with Crippen LogP contribution in [0.15, 0.2) is 33.6 Å². The Morgan fingerprint density at radius 3 is 2.23 bits per heavy atom. The van der Waals surface area contributed by atoms with Crippen LogP contribution in [0.3, 0.4) is 0 Å². The van der Waals surface area contributed by atoms with Crippen LogP contribution in [-0.2, 0) is 0 Å². The van der Waals surface area contributed by atoms with Crippen LogP contribution in [0.4, 0.5) is 0 Å². The second-order valence-corrected chi connectivity index (χ2v) is 5.33. The van der Waals surface area contributed by atoms with Crippen LogP contribution in [0, 0.1) is 0 Å². The highest BCUT2D eigenvalue weighted by Crippen LogP contribution is 2.24. The second kappa shape index (κ2) is 5.03. The van der Waals surface area contributed by atoms with Gasteiger partial charge in [0.1, 0.15) is 0 Å². The molecule has 0 unspecified atom stereocenters. The molecule has 1 aromatic rings. The number of rotatable bonds is 3. The summed E-state index contributed by atoms with van der Waals surface area (Å²) in [5, 5.41) is 0. The van der Waals surface area contributed by atoms with Crippen molar-refractivity contribution in [1.82, 2.24) is 4.31 Å². The van der Waals surface area contributed by atoms with Crippen LogP contribution in [0.2, 0.25) is 0 Å². The predicted octanol–water partition coefficient (Wildman–Crippen LogP) is 3.80. The lowest BCUT2D eigenvalue weighted by Gasteiger charge is -2.19. The van der Waals surface area contributed by atoms with Crippen molar-refractivity contribution in [3.63, 3.8) is 0 Å². The summed E-state index contributed by atoms with van der Waals surface area (Å²) >= 11 is 5.19. The van der Waals surface area contributed by atoms with Crippen LogP contribution in [-0.4, -0.2) is 17.4 Å². The fourth-order valence-corrected chi connectivity index (χ4v) is 1.83. The van der Waals surface area contributed by atoms with E-state index in [1.807, 2.05) is 0 Å². The van der Waals surface area contributed by atoms with Gasteiger partial charge in [-0.3, -0.25) is 0 Å². The van der Waals surface area contributed by atoms with Crippen LogP contribution < -0.4 is 0 Å². The average molecular weight is 260 g/mol. The van der Waals surface area contributed by atoms with Gasteiger partial charge < -0.3 is 0 Å². The van der Waals surface area contributed by atoms with Gasteiger partial charge in [-0.1, -0.05) is 15.9 Å². The molecule has 0 bridgehead atoms. The van der Waals surface area contributed by atoms with Gasteiger partial charge in [-0.15, -0.1) is 0 Å². The zero-order valence-corrected chi connectivity index (χ0v) is 10.5. The van der Waals surface area contributed by atoms with E-state index in [1.54, 1.807) is 11.9 Å². The van der Waals surface area contributed by atoms with Gasteiger partial charge in [0.25, 0.3) is 0 Å². The van der Waals surface area contributed by atoms with E-state index >= 15 is 0 Å². The summed E-state index contributed by atoms with van der Waals surface area (Å²) in [5.41, 5.74) is 0. The Labute approximate surface area is 92.8 Å². The number of halogens is 1. The third-order valence-corrected chi connectivity index (χ3v) is 3.51. The van der Waals surface area contributed by atoms with E-state index in [4.69, 9.17) is 0 Å². The molecular weight excluding hydrogens is 246 g/mol. The normalized spacial score (nSPS) is 11.2. The molecule has 1 nitrogen and oxygen atoms in total. The molecule has 0 saturated carbocycles. The van der Waals surface area contributed by atoms with E-state index in [9.17, 15) is 0 Å². The Balaban J connectivity index is 2.59. The van der Waals surface area contributed by atoms with Crippen LogP contribution >= 0.6 is 27.9 Å². The summed E-state index contributed by atoms with van der Waals surface area (Å²) in [4.78, 5) is 1.28. The summed E-state index contributed by atoms with van der Waals surface area (Å²) in [5.74, 6) is 0. The third kappa shape index (κ3) is 3.71. The average Bonchev–Trinajstić information content (AvgIpc) is 2.08. The minimum atomic E-state index is 0.564. The first-order valence-corrected chi connectivity index (χ1v) is 5.82. The highest BCUT2D eigenvalue weighted by molar-refractivity contribution is 9.10. The number of hydrogen-bond donors (Lipinski definition) is 0. The van der Waals surface area contributed by atoms with Crippen molar-refractivity contribution < 1.29 is 0 Å². The Hall–Kier alpha value is 0.01000. The van der Waals surface area contributed by atoms with Gasteiger partial charge in [0.2, 0.25) is 0 Å². The molecular formula is C10H14BrNS. The van der Waals surface area contributed by atoms with Crippen LogP contribution in [0.5, 0.6) is 0 Å². The largest absolute Gasteiger partial charge is 0.247 e. The quantitative estimate of drug-likeness (QED) is 0.760. The van der Waals surface area contributed by atoms with Crippen molar-refractivity contribution in [2.24, 2.45) is 0 Å². The molecule has 3 heteroatoms. The molecule has 0 amide bonds. The van der Waals surface area contributed by atoms with E-state index in [0.717, 1.165) is 4.47 Å². The van der Waals surface area contributed by atoms with Gasteiger partial charge in [-0.2, -0.15) is 0 Å². The molecule has 13 heavy (non-hydrogen) atoms. The molecule has 0 aliphatic rings. The fraction of sp³-hybridized carbons (Fsp3) is 0.400. The van der Waals surface area contributed by atoms with Crippen molar-refractivity contribution in [1.29, 1.82) is 0 Å².